The molecular weight excluding hydrogens is 266 g/mol. The van der Waals surface area contributed by atoms with Crippen LogP contribution >= 0.6 is 0 Å². The number of nitriles is 1. The number of hydrogen-bond donors (Lipinski definition) is 0. The van der Waals surface area contributed by atoms with Gasteiger partial charge < -0.3 is 9.47 Å². The van der Waals surface area contributed by atoms with Gasteiger partial charge in [0.2, 0.25) is 0 Å². The van der Waals surface area contributed by atoms with Crippen LogP contribution < -0.4 is 10.5 Å². The summed E-state index contributed by atoms with van der Waals surface area (Å²) >= 11 is 0. The minimum absolute atomic E-state index is 0.0148. The fraction of sp³-hybridized carbons (Fsp3) is 0.667. The molecule has 1 aromatic heterocycles. The van der Waals surface area contributed by atoms with Crippen LogP contribution in [0.25, 0.3) is 0 Å². The number of rotatable bonds is 4. The summed E-state index contributed by atoms with van der Waals surface area (Å²) in [5.74, 6) is 0.564. The predicted molar refractivity (Wildman–Crippen MR) is 80.2 cm³/mol. The largest absolute Gasteiger partial charge is 0.349 e. The Morgan fingerprint density at radius 2 is 2.10 bits per heavy atom. The van der Waals surface area contributed by atoms with Crippen LogP contribution in [0, 0.1) is 11.3 Å². The van der Waals surface area contributed by atoms with Crippen LogP contribution in [0.2, 0.25) is 0 Å². The maximum absolute atomic E-state index is 12.5. The second kappa shape index (κ2) is 5.86. The Balaban J connectivity index is 1.71. The molecule has 3 rings (SSSR count). The van der Waals surface area contributed by atoms with Crippen LogP contribution in [0.5, 0.6) is 0 Å². The van der Waals surface area contributed by atoms with E-state index in [0.29, 0.717) is 11.9 Å². The molecule has 0 radical (unpaired) electrons. The van der Waals surface area contributed by atoms with Gasteiger partial charge in [0.05, 0.1) is 12.1 Å². The first kappa shape index (κ1) is 14.1. The molecule has 0 amide bonds. The summed E-state index contributed by atoms with van der Waals surface area (Å²) in [4.78, 5) is 21.0. The Morgan fingerprint density at radius 1 is 1.38 bits per heavy atom. The first-order chi connectivity index (χ1) is 10.2. The number of hydrogen-bond acceptors (Lipinski definition) is 5. The van der Waals surface area contributed by atoms with Gasteiger partial charge >= 0.3 is 0 Å². The summed E-state index contributed by atoms with van der Waals surface area (Å²) in [6.07, 6.45) is 6.55. The zero-order valence-corrected chi connectivity index (χ0v) is 12.4. The summed E-state index contributed by atoms with van der Waals surface area (Å²) in [5.41, 5.74) is 0.0285. The van der Waals surface area contributed by atoms with E-state index in [1.165, 1.54) is 0 Å². The topological polar surface area (TPSA) is 65.2 Å². The molecule has 0 aromatic carbocycles. The third-order valence-electron chi connectivity index (χ3n) is 4.38. The zero-order chi connectivity index (χ0) is 14.8. The van der Waals surface area contributed by atoms with Crippen molar-refractivity contribution < 1.29 is 0 Å². The summed E-state index contributed by atoms with van der Waals surface area (Å²) in [6, 6.07) is 2.71. The molecule has 21 heavy (non-hydrogen) atoms. The third kappa shape index (κ3) is 2.79. The van der Waals surface area contributed by atoms with Gasteiger partial charge in [-0.3, -0.25) is 9.69 Å². The molecule has 2 heterocycles. The monoisotopic (exact) mass is 287 g/mol. The molecule has 0 N–H and O–H groups in total. The number of aromatic nitrogens is 2. The summed E-state index contributed by atoms with van der Waals surface area (Å²) in [6.45, 7) is 5.18. The quantitative estimate of drug-likeness (QED) is 0.826. The molecule has 1 aromatic rings. The maximum atomic E-state index is 12.5. The van der Waals surface area contributed by atoms with Gasteiger partial charge in [-0.15, -0.1) is 0 Å². The lowest BCUT2D eigenvalue weighted by molar-refractivity contribution is 0.215. The highest BCUT2D eigenvalue weighted by molar-refractivity contribution is 5.36. The minimum Gasteiger partial charge on any atom is -0.349 e. The van der Waals surface area contributed by atoms with Crippen LogP contribution in [0.3, 0.4) is 0 Å². The van der Waals surface area contributed by atoms with Gasteiger partial charge in [0.25, 0.3) is 5.56 Å². The van der Waals surface area contributed by atoms with E-state index in [4.69, 9.17) is 5.26 Å². The van der Waals surface area contributed by atoms with Crippen LogP contribution in [-0.4, -0.2) is 46.7 Å². The molecule has 1 saturated heterocycles. The van der Waals surface area contributed by atoms with Crippen molar-refractivity contribution in [2.75, 3.05) is 31.1 Å². The van der Waals surface area contributed by atoms with E-state index >= 15 is 0 Å². The molecule has 6 nitrogen and oxygen atoms in total. The fourth-order valence-corrected chi connectivity index (χ4v) is 2.95. The van der Waals surface area contributed by atoms with Crippen LogP contribution in [0.4, 0.5) is 5.82 Å². The Kier molecular flexibility index (Phi) is 3.93. The highest BCUT2D eigenvalue weighted by Crippen LogP contribution is 2.33. The van der Waals surface area contributed by atoms with E-state index < -0.39 is 0 Å². The maximum Gasteiger partial charge on any atom is 0.293 e. The van der Waals surface area contributed by atoms with E-state index in [2.05, 4.69) is 20.9 Å². The van der Waals surface area contributed by atoms with Crippen molar-refractivity contribution in [2.45, 2.75) is 38.3 Å². The van der Waals surface area contributed by atoms with E-state index in [9.17, 15) is 4.79 Å². The van der Waals surface area contributed by atoms with Crippen LogP contribution in [0.15, 0.2) is 17.2 Å². The lowest BCUT2D eigenvalue weighted by atomic mass is 10.2. The lowest BCUT2D eigenvalue weighted by Gasteiger charge is -2.36. The van der Waals surface area contributed by atoms with Gasteiger partial charge in [-0.25, -0.2) is 4.98 Å². The Labute approximate surface area is 124 Å². The van der Waals surface area contributed by atoms with Crippen LogP contribution in [0.1, 0.15) is 32.2 Å². The Hall–Kier alpha value is -1.87. The van der Waals surface area contributed by atoms with Crippen molar-refractivity contribution >= 4 is 5.82 Å². The molecule has 0 spiro atoms. The fourth-order valence-electron chi connectivity index (χ4n) is 2.95. The van der Waals surface area contributed by atoms with Gasteiger partial charge in [-0.05, 0) is 19.3 Å². The molecule has 0 bridgehead atoms. The van der Waals surface area contributed by atoms with Crippen LogP contribution in [-0.2, 0) is 0 Å². The standard InChI is InChI=1S/C15H21N5O/c1-2-12(11-16)18-7-9-19(10-8-18)14-15(21)20(6-5-17-14)13-3-4-13/h5-6,12-13H,2-4,7-10H2,1H3. The number of anilines is 1. The number of nitrogens with zero attached hydrogens (tertiary/aromatic N) is 5. The van der Waals surface area contributed by atoms with Crippen molar-refractivity contribution in [2.24, 2.45) is 0 Å². The summed E-state index contributed by atoms with van der Waals surface area (Å²) in [5, 5.41) is 9.14. The van der Waals surface area contributed by atoms with Gasteiger partial charge in [0.15, 0.2) is 5.82 Å². The zero-order valence-electron chi connectivity index (χ0n) is 12.4. The van der Waals surface area contributed by atoms with E-state index in [0.717, 1.165) is 45.4 Å². The minimum atomic E-state index is -0.0148. The highest BCUT2D eigenvalue weighted by Gasteiger charge is 2.28. The molecule has 112 valence electrons. The smallest absolute Gasteiger partial charge is 0.293 e. The molecule has 6 heteroatoms. The average molecular weight is 287 g/mol. The molecule has 1 saturated carbocycles. The van der Waals surface area contributed by atoms with Gasteiger partial charge in [0, 0.05) is 44.6 Å². The molecular formula is C15H21N5O. The highest BCUT2D eigenvalue weighted by atomic mass is 16.1. The van der Waals surface area contributed by atoms with Crippen molar-refractivity contribution in [3.05, 3.63) is 22.7 Å². The van der Waals surface area contributed by atoms with Crippen molar-refractivity contribution in [3.8, 4) is 6.07 Å². The van der Waals surface area contributed by atoms with E-state index in [1.54, 1.807) is 12.4 Å². The second-order valence-corrected chi connectivity index (χ2v) is 5.77. The predicted octanol–water partition coefficient (Wildman–Crippen LogP) is 1.00. The molecule has 2 fully saturated rings. The Morgan fingerprint density at radius 3 is 2.67 bits per heavy atom. The second-order valence-electron chi connectivity index (χ2n) is 5.77. The van der Waals surface area contributed by atoms with Crippen molar-refractivity contribution in [3.63, 3.8) is 0 Å². The van der Waals surface area contributed by atoms with Gasteiger partial charge in [0.1, 0.15) is 0 Å². The Bertz CT molecular complexity index is 593. The lowest BCUT2D eigenvalue weighted by Crippen LogP contribution is -2.51. The molecule has 1 atom stereocenters. The van der Waals surface area contributed by atoms with Crippen molar-refractivity contribution in [1.82, 2.24) is 14.5 Å². The number of piperazine rings is 1. The van der Waals surface area contributed by atoms with E-state index in [1.807, 2.05) is 11.5 Å². The summed E-state index contributed by atoms with van der Waals surface area (Å²) < 4.78 is 1.82. The SMILES string of the molecule is CCC(C#N)N1CCN(c2nccn(C3CC3)c2=O)CC1. The first-order valence-corrected chi connectivity index (χ1v) is 7.70. The molecule has 1 aliphatic heterocycles. The van der Waals surface area contributed by atoms with E-state index in [-0.39, 0.29) is 11.6 Å². The molecule has 2 aliphatic rings. The summed E-state index contributed by atoms with van der Waals surface area (Å²) in [7, 11) is 0. The normalized spacial score (nSPS) is 21.0. The molecule has 1 unspecified atom stereocenters. The van der Waals surface area contributed by atoms with Crippen molar-refractivity contribution in [1.29, 1.82) is 5.26 Å². The first-order valence-electron chi connectivity index (χ1n) is 7.70. The third-order valence-corrected chi connectivity index (χ3v) is 4.38. The van der Waals surface area contributed by atoms with Gasteiger partial charge in [-0.2, -0.15) is 5.26 Å². The molecule has 1 aliphatic carbocycles. The van der Waals surface area contributed by atoms with Gasteiger partial charge in [-0.1, -0.05) is 6.92 Å². The average Bonchev–Trinajstić information content (AvgIpc) is 3.34.